The number of rotatable bonds is 4. The van der Waals surface area contributed by atoms with Crippen molar-refractivity contribution < 1.29 is 13.9 Å². The van der Waals surface area contributed by atoms with Crippen molar-refractivity contribution in [3.05, 3.63) is 24.0 Å². The molecule has 3 N–H and O–H groups in total. The second-order valence-corrected chi connectivity index (χ2v) is 4.83. The normalized spacial score (nSPS) is 22.3. The Morgan fingerprint density at radius 3 is 2.95 bits per heavy atom. The van der Waals surface area contributed by atoms with Gasteiger partial charge in [-0.3, -0.25) is 4.79 Å². The molecule has 1 fully saturated rings. The molecule has 0 bridgehead atoms. The standard InChI is InChI=1S/C14H19FN2O2/c1-2-19-13-8-10(15)4-6-12(13)17-14(18)9-3-5-11(16)7-9/h4,6,8-9,11H,2-3,5,7,16H2,1H3,(H,17,18). The first-order chi connectivity index (χ1) is 9.10. The van der Waals surface area contributed by atoms with Crippen LogP contribution in [0.2, 0.25) is 0 Å². The van der Waals surface area contributed by atoms with Crippen LogP contribution in [0, 0.1) is 11.7 Å². The highest BCUT2D eigenvalue weighted by molar-refractivity contribution is 5.94. The average Bonchev–Trinajstić information content (AvgIpc) is 2.80. The number of benzene rings is 1. The zero-order valence-corrected chi connectivity index (χ0v) is 11.0. The summed E-state index contributed by atoms with van der Waals surface area (Å²) in [6, 6.07) is 4.21. The Morgan fingerprint density at radius 2 is 2.32 bits per heavy atom. The van der Waals surface area contributed by atoms with Crippen LogP contribution in [0.5, 0.6) is 5.75 Å². The van der Waals surface area contributed by atoms with Crippen LogP contribution in [0.3, 0.4) is 0 Å². The lowest BCUT2D eigenvalue weighted by atomic mass is 10.1. The van der Waals surface area contributed by atoms with Crippen LogP contribution < -0.4 is 15.8 Å². The van der Waals surface area contributed by atoms with E-state index < -0.39 is 0 Å². The summed E-state index contributed by atoms with van der Waals surface area (Å²) in [5.74, 6) is -0.155. The highest BCUT2D eigenvalue weighted by atomic mass is 19.1. The SMILES string of the molecule is CCOc1cc(F)ccc1NC(=O)C1CCC(N)C1. The lowest BCUT2D eigenvalue weighted by Crippen LogP contribution is -2.23. The number of anilines is 1. The Kier molecular flexibility index (Phi) is 4.37. The molecular weight excluding hydrogens is 247 g/mol. The minimum Gasteiger partial charge on any atom is -0.492 e. The third-order valence-electron chi connectivity index (χ3n) is 3.35. The molecule has 2 unspecified atom stereocenters. The van der Waals surface area contributed by atoms with E-state index in [1.165, 1.54) is 18.2 Å². The van der Waals surface area contributed by atoms with Gasteiger partial charge in [0.1, 0.15) is 11.6 Å². The monoisotopic (exact) mass is 266 g/mol. The zero-order chi connectivity index (χ0) is 13.8. The molecule has 4 nitrogen and oxygen atoms in total. The molecule has 19 heavy (non-hydrogen) atoms. The summed E-state index contributed by atoms with van der Waals surface area (Å²) in [6.45, 7) is 2.23. The van der Waals surface area contributed by atoms with Crippen LogP contribution in [-0.4, -0.2) is 18.6 Å². The minimum absolute atomic E-state index is 0.0606. The molecule has 1 aliphatic carbocycles. The van der Waals surface area contributed by atoms with Crippen LogP contribution in [0.25, 0.3) is 0 Å². The molecule has 2 atom stereocenters. The van der Waals surface area contributed by atoms with E-state index in [4.69, 9.17) is 10.5 Å². The zero-order valence-electron chi connectivity index (χ0n) is 11.0. The largest absolute Gasteiger partial charge is 0.492 e. The number of ether oxygens (including phenoxy) is 1. The number of hydrogen-bond donors (Lipinski definition) is 2. The molecular formula is C14H19FN2O2. The smallest absolute Gasteiger partial charge is 0.227 e. The average molecular weight is 266 g/mol. The van der Waals surface area contributed by atoms with E-state index in [2.05, 4.69) is 5.32 Å². The van der Waals surface area contributed by atoms with Crippen molar-refractivity contribution in [1.82, 2.24) is 0 Å². The first-order valence-electron chi connectivity index (χ1n) is 6.59. The van der Waals surface area contributed by atoms with Gasteiger partial charge in [0.15, 0.2) is 0 Å². The van der Waals surface area contributed by atoms with Crippen LogP contribution in [0.4, 0.5) is 10.1 Å². The van der Waals surface area contributed by atoms with Gasteiger partial charge < -0.3 is 15.8 Å². The molecule has 1 amide bonds. The maximum atomic E-state index is 13.2. The lowest BCUT2D eigenvalue weighted by molar-refractivity contribution is -0.119. The summed E-state index contributed by atoms with van der Waals surface area (Å²) in [5, 5.41) is 2.80. The molecule has 0 spiro atoms. The van der Waals surface area contributed by atoms with Crippen LogP contribution in [0.15, 0.2) is 18.2 Å². The van der Waals surface area contributed by atoms with Gasteiger partial charge in [-0.05, 0) is 38.3 Å². The number of carbonyl (C=O) groups excluding carboxylic acids is 1. The maximum absolute atomic E-state index is 13.2. The van der Waals surface area contributed by atoms with Crippen LogP contribution in [-0.2, 0) is 4.79 Å². The van der Waals surface area contributed by atoms with Crippen molar-refractivity contribution in [1.29, 1.82) is 0 Å². The molecule has 0 saturated heterocycles. The Bertz CT molecular complexity index is 465. The summed E-state index contributed by atoms with van der Waals surface area (Å²) in [5.41, 5.74) is 6.31. The van der Waals surface area contributed by atoms with Crippen molar-refractivity contribution in [2.24, 2.45) is 11.7 Å². The van der Waals surface area contributed by atoms with Gasteiger partial charge in [-0.1, -0.05) is 0 Å². The molecule has 1 aromatic carbocycles. The van der Waals surface area contributed by atoms with Gasteiger partial charge in [-0.2, -0.15) is 0 Å². The van der Waals surface area contributed by atoms with Crippen molar-refractivity contribution in [2.45, 2.75) is 32.2 Å². The van der Waals surface area contributed by atoms with Gasteiger partial charge in [0.05, 0.1) is 12.3 Å². The lowest BCUT2D eigenvalue weighted by Gasteiger charge is -2.14. The fourth-order valence-corrected chi connectivity index (χ4v) is 2.36. The van der Waals surface area contributed by atoms with Crippen molar-refractivity contribution in [3.63, 3.8) is 0 Å². The molecule has 0 aliphatic heterocycles. The van der Waals surface area contributed by atoms with Gasteiger partial charge in [0.25, 0.3) is 0 Å². The Morgan fingerprint density at radius 1 is 1.53 bits per heavy atom. The summed E-state index contributed by atoms with van der Waals surface area (Å²) in [4.78, 5) is 12.1. The molecule has 0 radical (unpaired) electrons. The number of amides is 1. The second kappa shape index (κ2) is 6.02. The third-order valence-corrected chi connectivity index (χ3v) is 3.35. The van der Waals surface area contributed by atoms with E-state index in [9.17, 15) is 9.18 Å². The predicted molar refractivity (Wildman–Crippen MR) is 71.5 cm³/mol. The van der Waals surface area contributed by atoms with E-state index in [-0.39, 0.29) is 23.7 Å². The van der Waals surface area contributed by atoms with Crippen molar-refractivity contribution in [2.75, 3.05) is 11.9 Å². The number of hydrogen-bond acceptors (Lipinski definition) is 3. The molecule has 1 aromatic rings. The molecule has 1 aliphatic rings. The predicted octanol–water partition coefficient (Wildman–Crippen LogP) is 2.29. The molecule has 1 saturated carbocycles. The topological polar surface area (TPSA) is 64.3 Å². The van der Waals surface area contributed by atoms with Crippen molar-refractivity contribution in [3.8, 4) is 5.75 Å². The summed E-state index contributed by atoms with van der Waals surface area (Å²) in [7, 11) is 0. The second-order valence-electron chi connectivity index (χ2n) is 4.83. The first kappa shape index (κ1) is 13.8. The van der Waals surface area contributed by atoms with E-state index in [0.29, 0.717) is 24.5 Å². The summed E-state index contributed by atoms with van der Waals surface area (Å²) >= 11 is 0. The molecule has 5 heteroatoms. The number of carbonyl (C=O) groups is 1. The molecule has 0 aromatic heterocycles. The van der Waals surface area contributed by atoms with E-state index in [0.717, 1.165) is 12.8 Å². The van der Waals surface area contributed by atoms with Crippen molar-refractivity contribution >= 4 is 11.6 Å². The number of nitrogens with two attached hydrogens (primary N) is 1. The summed E-state index contributed by atoms with van der Waals surface area (Å²) < 4.78 is 18.5. The fraction of sp³-hybridized carbons (Fsp3) is 0.500. The van der Waals surface area contributed by atoms with Gasteiger partial charge in [-0.15, -0.1) is 0 Å². The quantitative estimate of drug-likeness (QED) is 0.878. The Balaban J connectivity index is 2.07. The Hall–Kier alpha value is -1.62. The van der Waals surface area contributed by atoms with Gasteiger partial charge in [0.2, 0.25) is 5.91 Å². The highest BCUT2D eigenvalue weighted by Crippen LogP contribution is 2.29. The van der Waals surface area contributed by atoms with Gasteiger partial charge in [-0.25, -0.2) is 4.39 Å². The summed E-state index contributed by atoms with van der Waals surface area (Å²) in [6.07, 6.45) is 2.38. The molecule has 104 valence electrons. The fourth-order valence-electron chi connectivity index (χ4n) is 2.36. The van der Waals surface area contributed by atoms with E-state index >= 15 is 0 Å². The maximum Gasteiger partial charge on any atom is 0.227 e. The highest BCUT2D eigenvalue weighted by Gasteiger charge is 2.28. The number of halogens is 1. The third kappa shape index (κ3) is 3.44. The van der Waals surface area contributed by atoms with E-state index in [1.54, 1.807) is 0 Å². The van der Waals surface area contributed by atoms with Gasteiger partial charge in [0, 0.05) is 18.0 Å². The van der Waals surface area contributed by atoms with Gasteiger partial charge >= 0.3 is 0 Å². The Labute approximate surface area is 112 Å². The molecule has 0 heterocycles. The molecule has 2 rings (SSSR count). The van der Waals surface area contributed by atoms with E-state index in [1.807, 2.05) is 6.92 Å². The minimum atomic E-state index is -0.385. The number of nitrogens with one attached hydrogen (secondary N) is 1. The first-order valence-corrected chi connectivity index (χ1v) is 6.59. The van der Waals surface area contributed by atoms with Crippen LogP contribution >= 0.6 is 0 Å². The van der Waals surface area contributed by atoms with Crippen LogP contribution in [0.1, 0.15) is 26.2 Å².